The Kier molecular flexibility index (Phi) is 3.18. The molecular weight excluding hydrogens is 301 g/mol. The molecule has 3 rings (SSSR count). The minimum absolute atomic E-state index is 0.225. The third-order valence-electron chi connectivity index (χ3n) is 3.24. The highest BCUT2D eigenvalue weighted by Gasteiger charge is 2.32. The number of carboxylic acids is 1. The molecule has 0 aliphatic heterocycles. The fraction of sp³-hybridized carbons (Fsp3) is 0.308. The van der Waals surface area contributed by atoms with E-state index in [1.165, 1.54) is 4.68 Å². The number of nitrogens with zero attached hydrogens (tertiary/aromatic N) is 3. The van der Waals surface area contributed by atoms with E-state index in [1.54, 1.807) is 12.1 Å². The Hall–Kier alpha value is -1.59. The van der Waals surface area contributed by atoms with Crippen molar-refractivity contribution in [3.8, 4) is 5.69 Å². The number of halogens is 2. The summed E-state index contributed by atoms with van der Waals surface area (Å²) in [5.74, 6) is -0.564. The third kappa shape index (κ3) is 2.17. The summed E-state index contributed by atoms with van der Waals surface area (Å²) >= 11 is 12.5. The molecule has 5 nitrogen and oxygen atoms in total. The van der Waals surface area contributed by atoms with Gasteiger partial charge in [-0.05, 0) is 31.4 Å². The van der Waals surface area contributed by atoms with Crippen molar-refractivity contribution in [3.63, 3.8) is 0 Å². The van der Waals surface area contributed by atoms with Crippen LogP contribution in [0, 0.1) is 6.92 Å². The maximum Gasteiger partial charge on any atom is 0.375 e. The van der Waals surface area contributed by atoms with Crippen LogP contribution < -0.4 is 0 Å². The fourth-order valence-electron chi connectivity index (χ4n) is 2.02. The van der Waals surface area contributed by atoms with Gasteiger partial charge in [-0.15, -0.1) is 5.10 Å². The van der Waals surface area contributed by atoms with Crippen molar-refractivity contribution in [1.29, 1.82) is 0 Å². The highest BCUT2D eigenvalue weighted by Crippen LogP contribution is 2.41. The maximum absolute atomic E-state index is 11.1. The molecule has 20 heavy (non-hydrogen) atoms. The number of aryl methyl sites for hydroxylation is 1. The molecule has 0 radical (unpaired) electrons. The standard InChI is InChI=1S/C13H11Cl2N3O2/c1-6-2-5-8(14)10(9(6)15)18-12(7-3-4-7)16-11(17-18)13(19)20/h2,5,7H,3-4H2,1H3,(H,19,20). The molecule has 0 saturated heterocycles. The molecule has 1 aromatic carbocycles. The largest absolute Gasteiger partial charge is 0.475 e. The number of carbonyl (C=O) groups is 1. The Morgan fingerprint density at radius 2 is 2.10 bits per heavy atom. The van der Waals surface area contributed by atoms with Crippen molar-refractivity contribution < 1.29 is 9.90 Å². The van der Waals surface area contributed by atoms with E-state index in [0.717, 1.165) is 18.4 Å². The Labute approximate surface area is 125 Å². The molecule has 0 atom stereocenters. The molecule has 1 aliphatic carbocycles. The number of hydrogen-bond acceptors (Lipinski definition) is 3. The average molecular weight is 312 g/mol. The van der Waals surface area contributed by atoms with Gasteiger partial charge in [-0.25, -0.2) is 14.5 Å². The van der Waals surface area contributed by atoms with Crippen molar-refractivity contribution in [2.75, 3.05) is 0 Å². The van der Waals surface area contributed by atoms with Crippen molar-refractivity contribution in [3.05, 3.63) is 39.4 Å². The summed E-state index contributed by atoms with van der Waals surface area (Å²) in [4.78, 5) is 15.2. The van der Waals surface area contributed by atoms with Gasteiger partial charge in [-0.2, -0.15) is 0 Å². The molecule has 2 aromatic rings. The van der Waals surface area contributed by atoms with Crippen LogP contribution in [0.3, 0.4) is 0 Å². The summed E-state index contributed by atoms with van der Waals surface area (Å²) in [6.45, 7) is 1.86. The molecule has 0 bridgehead atoms. The first kappa shape index (κ1) is 13.4. The van der Waals surface area contributed by atoms with Crippen molar-refractivity contribution >= 4 is 29.2 Å². The second-order valence-corrected chi connectivity index (χ2v) is 5.60. The highest BCUT2D eigenvalue weighted by molar-refractivity contribution is 6.38. The van der Waals surface area contributed by atoms with Gasteiger partial charge < -0.3 is 5.11 Å². The van der Waals surface area contributed by atoms with Crippen molar-refractivity contribution in [1.82, 2.24) is 14.8 Å². The molecule has 0 unspecified atom stereocenters. The van der Waals surface area contributed by atoms with E-state index >= 15 is 0 Å². The second kappa shape index (κ2) is 4.75. The predicted octanol–water partition coefficient (Wildman–Crippen LogP) is 3.46. The molecule has 1 fully saturated rings. The van der Waals surface area contributed by atoms with E-state index < -0.39 is 5.97 Å². The molecule has 1 heterocycles. The summed E-state index contributed by atoms with van der Waals surface area (Å²) in [5, 5.41) is 14.0. The second-order valence-electron chi connectivity index (χ2n) is 4.81. The van der Waals surface area contributed by atoms with Crippen LogP contribution >= 0.6 is 23.2 Å². The Bertz CT molecular complexity index is 708. The molecule has 7 heteroatoms. The lowest BCUT2D eigenvalue weighted by atomic mass is 10.2. The molecule has 1 aliphatic rings. The zero-order valence-electron chi connectivity index (χ0n) is 10.6. The van der Waals surface area contributed by atoms with E-state index in [2.05, 4.69) is 10.1 Å². The number of hydrogen-bond donors (Lipinski definition) is 1. The molecular formula is C13H11Cl2N3O2. The first-order valence-electron chi connectivity index (χ1n) is 6.14. The fourth-order valence-corrected chi connectivity index (χ4v) is 2.55. The first-order valence-corrected chi connectivity index (χ1v) is 6.90. The van der Waals surface area contributed by atoms with E-state index in [1.807, 2.05) is 6.92 Å². The van der Waals surface area contributed by atoms with Gasteiger partial charge >= 0.3 is 5.97 Å². The van der Waals surface area contributed by atoms with Gasteiger partial charge in [-0.3, -0.25) is 0 Å². The van der Waals surface area contributed by atoms with Gasteiger partial charge in [-0.1, -0.05) is 29.3 Å². The molecule has 0 amide bonds. The van der Waals surface area contributed by atoms with Crippen LogP contribution in [0.1, 0.15) is 40.8 Å². The number of rotatable bonds is 3. The summed E-state index contributed by atoms with van der Waals surface area (Å²) in [7, 11) is 0. The van der Waals surface area contributed by atoms with E-state index in [4.69, 9.17) is 28.3 Å². The number of carboxylic acid groups (broad SMARTS) is 1. The molecule has 1 N–H and O–H groups in total. The van der Waals surface area contributed by atoms with E-state index in [9.17, 15) is 4.79 Å². The lowest BCUT2D eigenvalue weighted by Crippen LogP contribution is -2.05. The van der Waals surface area contributed by atoms with Crippen LogP contribution in [-0.4, -0.2) is 25.8 Å². The maximum atomic E-state index is 11.1. The van der Waals surface area contributed by atoms with E-state index in [0.29, 0.717) is 21.6 Å². The minimum atomic E-state index is -1.16. The van der Waals surface area contributed by atoms with Gasteiger partial charge in [0.25, 0.3) is 5.82 Å². The summed E-state index contributed by atoms with van der Waals surface area (Å²) in [6, 6.07) is 3.52. The van der Waals surface area contributed by atoms with Gasteiger partial charge in [0.15, 0.2) is 0 Å². The Morgan fingerprint density at radius 1 is 1.40 bits per heavy atom. The lowest BCUT2D eigenvalue weighted by molar-refractivity contribution is 0.0683. The minimum Gasteiger partial charge on any atom is -0.475 e. The quantitative estimate of drug-likeness (QED) is 0.942. The van der Waals surface area contributed by atoms with Crippen LogP contribution in [0.2, 0.25) is 10.0 Å². The van der Waals surface area contributed by atoms with Crippen LogP contribution in [0.5, 0.6) is 0 Å². The van der Waals surface area contributed by atoms with E-state index in [-0.39, 0.29) is 11.7 Å². The first-order chi connectivity index (χ1) is 9.49. The number of aromatic carboxylic acids is 1. The SMILES string of the molecule is Cc1ccc(Cl)c(-n2nc(C(=O)O)nc2C2CC2)c1Cl. The molecule has 104 valence electrons. The topological polar surface area (TPSA) is 68.0 Å². The molecule has 1 saturated carbocycles. The summed E-state index contributed by atoms with van der Waals surface area (Å²) < 4.78 is 1.47. The van der Waals surface area contributed by atoms with Crippen molar-refractivity contribution in [2.45, 2.75) is 25.7 Å². The molecule has 0 spiro atoms. The van der Waals surface area contributed by atoms with Crippen LogP contribution in [0.25, 0.3) is 5.69 Å². The Balaban J connectivity index is 2.24. The number of aromatic nitrogens is 3. The molecule has 1 aromatic heterocycles. The smallest absolute Gasteiger partial charge is 0.375 e. The van der Waals surface area contributed by atoms with Crippen LogP contribution in [-0.2, 0) is 0 Å². The van der Waals surface area contributed by atoms with Crippen LogP contribution in [0.4, 0.5) is 0 Å². The zero-order chi connectivity index (χ0) is 14.4. The zero-order valence-corrected chi connectivity index (χ0v) is 12.1. The summed E-state index contributed by atoms with van der Waals surface area (Å²) in [6.07, 6.45) is 1.94. The monoisotopic (exact) mass is 311 g/mol. The third-order valence-corrected chi connectivity index (χ3v) is 4.02. The lowest BCUT2D eigenvalue weighted by Gasteiger charge is -2.11. The Morgan fingerprint density at radius 3 is 2.70 bits per heavy atom. The average Bonchev–Trinajstić information content (AvgIpc) is 3.15. The summed E-state index contributed by atoms with van der Waals surface area (Å²) in [5.41, 5.74) is 1.34. The van der Waals surface area contributed by atoms with Gasteiger partial charge in [0.2, 0.25) is 0 Å². The van der Waals surface area contributed by atoms with Gasteiger partial charge in [0.05, 0.1) is 10.0 Å². The van der Waals surface area contributed by atoms with Crippen molar-refractivity contribution in [2.24, 2.45) is 0 Å². The highest BCUT2D eigenvalue weighted by atomic mass is 35.5. The van der Waals surface area contributed by atoms with Gasteiger partial charge in [0, 0.05) is 5.92 Å². The van der Waals surface area contributed by atoms with Gasteiger partial charge in [0.1, 0.15) is 11.5 Å². The van der Waals surface area contributed by atoms with Crippen LogP contribution in [0.15, 0.2) is 12.1 Å². The predicted molar refractivity (Wildman–Crippen MR) is 75.1 cm³/mol. The number of benzene rings is 1. The normalized spacial score (nSPS) is 14.6.